The average molecular weight is 262 g/mol. The second-order valence-corrected chi connectivity index (χ2v) is 6.55. The van der Waals surface area contributed by atoms with E-state index in [1.807, 2.05) is 0 Å². The van der Waals surface area contributed by atoms with E-state index in [1.165, 1.54) is 13.8 Å². The maximum atomic E-state index is 10.9. The van der Waals surface area contributed by atoms with Crippen LogP contribution in [0.2, 0.25) is 0 Å². The Hall–Kier alpha value is 0.260. The quantitative estimate of drug-likeness (QED) is 0.522. The molecule has 0 rings (SSSR count). The van der Waals surface area contributed by atoms with Gasteiger partial charge in [-0.1, -0.05) is 13.8 Å². The molecule has 0 fully saturated rings. The summed E-state index contributed by atoms with van der Waals surface area (Å²) in [6.07, 6.45) is -0.0262. The Morgan fingerprint density at radius 3 is 1.33 bits per heavy atom. The molecule has 0 bridgehead atoms. The predicted octanol–water partition coefficient (Wildman–Crippen LogP) is 0.831. The highest BCUT2D eigenvalue weighted by Crippen LogP contribution is 2.50. The maximum Gasteiger partial charge on any atom is 0.354 e. The normalized spacial score (nSPS) is 17.5. The second-order valence-electron chi connectivity index (χ2n) is 3.04. The summed E-state index contributed by atoms with van der Waals surface area (Å²) in [4.78, 5) is 35.3. The monoisotopic (exact) mass is 262 g/mol. The predicted molar refractivity (Wildman–Crippen MR) is 53.3 cm³/mol. The Bertz CT molecular complexity index is 251. The standard InChI is InChI=1S/C6H16O7P2/c1-3-5(14(7,8)9)13-6(4-2)15(10,11)12/h5-6H,3-4H2,1-2H3,(H2,7,8,9)(H2,10,11,12). The molecule has 2 atom stereocenters. The third-order valence-corrected chi connectivity index (χ3v) is 4.24. The van der Waals surface area contributed by atoms with Crippen LogP contribution in [0.25, 0.3) is 0 Å². The Kier molecular flexibility index (Phi) is 5.64. The molecule has 9 heteroatoms. The van der Waals surface area contributed by atoms with E-state index in [1.54, 1.807) is 0 Å². The molecular weight excluding hydrogens is 246 g/mol. The van der Waals surface area contributed by atoms with Gasteiger partial charge in [0, 0.05) is 0 Å². The van der Waals surface area contributed by atoms with E-state index in [9.17, 15) is 9.13 Å². The average Bonchev–Trinajstić information content (AvgIpc) is 2.01. The van der Waals surface area contributed by atoms with E-state index in [2.05, 4.69) is 0 Å². The summed E-state index contributed by atoms with van der Waals surface area (Å²) in [5.74, 6) is -2.93. The first-order chi connectivity index (χ1) is 6.62. The van der Waals surface area contributed by atoms with Crippen LogP contribution in [0.4, 0.5) is 0 Å². The zero-order valence-electron chi connectivity index (χ0n) is 8.48. The minimum Gasteiger partial charge on any atom is -0.350 e. The van der Waals surface area contributed by atoms with Gasteiger partial charge >= 0.3 is 15.2 Å². The van der Waals surface area contributed by atoms with Crippen LogP contribution in [0.3, 0.4) is 0 Å². The molecule has 0 aromatic rings. The third kappa shape index (κ3) is 5.22. The van der Waals surface area contributed by atoms with Crippen molar-refractivity contribution < 1.29 is 33.4 Å². The molecular formula is C6H16O7P2. The summed E-state index contributed by atoms with van der Waals surface area (Å²) in [5, 5.41) is 0. The lowest BCUT2D eigenvalue weighted by Crippen LogP contribution is -2.21. The first kappa shape index (κ1) is 15.3. The summed E-state index contributed by atoms with van der Waals surface area (Å²) < 4.78 is 26.5. The number of ether oxygens (including phenoxy) is 1. The number of rotatable bonds is 6. The van der Waals surface area contributed by atoms with Gasteiger partial charge in [-0.3, -0.25) is 9.13 Å². The summed E-state index contributed by atoms with van der Waals surface area (Å²) in [7, 11) is -8.96. The van der Waals surface area contributed by atoms with E-state index >= 15 is 0 Å². The van der Waals surface area contributed by atoms with Crippen LogP contribution in [0.15, 0.2) is 0 Å². The number of hydrogen-bond donors (Lipinski definition) is 4. The highest BCUT2D eigenvalue weighted by molar-refractivity contribution is 7.53. The van der Waals surface area contributed by atoms with Crippen molar-refractivity contribution in [3.8, 4) is 0 Å². The molecule has 0 saturated carbocycles. The molecule has 0 aliphatic rings. The zero-order valence-corrected chi connectivity index (χ0v) is 10.3. The third-order valence-electron chi connectivity index (χ3n) is 1.76. The van der Waals surface area contributed by atoms with Crippen molar-refractivity contribution in [3.05, 3.63) is 0 Å². The fraction of sp³-hybridized carbons (Fsp3) is 1.00. The van der Waals surface area contributed by atoms with E-state index < -0.39 is 26.9 Å². The molecule has 0 amide bonds. The SMILES string of the molecule is CCC(OC(CC)P(=O)(O)O)P(=O)(O)O. The van der Waals surface area contributed by atoms with Gasteiger partial charge < -0.3 is 24.3 Å². The fourth-order valence-electron chi connectivity index (χ4n) is 1.01. The van der Waals surface area contributed by atoms with Crippen LogP contribution < -0.4 is 0 Å². The van der Waals surface area contributed by atoms with Crippen LogP contribution in [0.1, 0.15) is 26.7 Å². The Balaban J connectivity index is 4.67. The molecule has 0 aliphatic carbocycles. The Morgan fingerprint density at radius 1 is 0.933 bits per heavy atom. The summed E-state index contributed by atoms with van der Waals surface area (Å²) in [6, 6.07) is 0. The van der Waals surface area contributed by atoms with Gasteiger partial charge in [-0.2, -0.15) is 0 Å². The summed E-state index contributed by atoms with van der Waals surface area (Å²) in [5.41, 5.74) is 0. The van der Waals surface area contributed by atoms with Gasteiger partial charge in [0.2, 0.25) is 0 Å². The molecule has 15 heavy (non-hydrogen) atoms. The van der Waals surface area contributed by atoms with Gasteiger partial charge in [0.1, 0.15) is 0 Å². The number of hydrogen-bond acceptors (Lipinski definition) is 3. The fourth-order valence-corrected chi connectivity index (χ4v) is 2.67. The molecule has 2 unspecified atom stereocenters. The van der Waals surface area contributed by atoms with E-state index in [-0.39, 0.29) is 12.8 Å². The largest absolute Gasteiger partial charge is 0.354 e. The molecule has 4 N–H and O–H groups in total. The highest BCUT2D eigenvalue weighted by Gasteiger charge is 2.36. The van der Waals surface area contributed by atoms with Crippen LogP contribution in [-0.2, 0) is 13.9 Å². The molecule has 0 aromatic heterocycles. The van der Waals surface area contributed by atoms with Gasteiger partial charge in [-0.15, -0.1) is 0 Å². The van der Waals surface area contributed by atoms with Gasteiger partial charge in [0.25, 0.3) is 0 Å². The molecule has 7 nitrogen and oxygen atoms in total. The molecule has 0 aromatic carbocycles. The first-order valence-electron chi connectivity index (χ1n) is 4.38. The van der Waals surface area contributed by atoms with Crippen molar-refractivity contribution in [2.45, 2.75) is 38.4 Å². The molecule has 0 spiro atoms. The zero-order chi connectivity index (χ0) is 12.3. The molecule has 0 radical (unpaired) electrons. The molecule has 92 valence electrons. The van der Waals surface area contributed by atoms with Gasteiger partial charge in [0.05, 0.1) is 0 Å². The van der Waals surface area contributed by atoms with Crippen molar-refractivity contribution in [1.29, 1.82) is 0 Å². The van der Waals surface area contributed by atoms with Crippen molar-refractivity contribution in [1.82, 2.24) is 0 Å². The van der Waals surface area contributed by atoms with Crippen LogP contribution in [0.5, 0.6) is 0 Å². The summed E-state index contributed by atoms with van der Waals surface area (Å²) >= 11 is 0. The first-order valence-corrected chi connectivity index (χ1v) is 7.75. The lowest BCUT2D eigenvalue weighted by molar-refractivity contribution is 0.0436. The van der Waals surface area contributed by atoms with Crippen molar-refractivity contribution in [3.63, 3.8) is 0 Å². The molecule has 0 saturated heterocycles. The lowest BCUT2D eigenvalue weighted by Gasteiger charge is -2.24. The topological polar surface area (TPSA) is 124 Å². The minimum atomic E-state index is -4.48. The maximum absolute atomic E-state index is 10.9. The minimum absolute atomic E-state index is 0.0131. The van der Waals surface area contributed by atoms with Crippen LogP contribution in [-0.4, -0.2) is 31.3 Å². The van der Waals surface area contributed by atoms with Gasteiger partial charge in [-0.05, 0) is 12.8 Å². The lowest BCUT2D eigenvalue weighted by atomic mass is 10.5. The van der Waals surface area contributed by atoms with Gasteiger partial charge in [0.15, 0.2) is 11.7 Å². The summed E-state index contributed by atoms with van der Waals surface area (Å²) in [6.45, 7) is 2.94. The van der Waals surface area contributed by atoms with Crippen molar-refractivity contribution in [2.75, 3.05) is 0 Å². The second kappa shape index (κ2) is 5.55. The van der Waals surface area contributed by atoms with Crippen molar-refractivity contribution in [2.24, 2.45) is 0 Å². The van der Waals surface area contributed by atoms with Gasteiger partial charge in [-0.25, -0.2) is 0 Å². The highest BCUT2D eigenvalue weighted by atomic mass is 31.2. The van der Waals surface area contributed by atoms with Crippen molar-refractivity contribution >= 4 is 15.2 Å². The van der Waals surface area contributed by atoms with E-state index in [4.69, 9.17) is 24.3 Å². The molecule has 0 heterocycles. The van der Waals surface area contributed by atoms with Crippen LogP contribution in [0, 0.1) is 0 Å². The Labute approximate surface area is 87.8 Å². The van der Waals surface area contributed by atoms with Crippen LogP contribution >= 0.6 is 15.2 Å². The van der Waals surface area contributed by atoms with E-state index in [0.717, 1.165) is 0 Å². The Morgan fingerprint density at radius 2 is 1.20 bits per heavy atom. The van der Waals surface area contributed by atoms with E-state index in [0.29, 0.717) is 0 Å². The smallest absolute Gasteiger partial charge is 0.350 e. The molecule has 0 aliphatic heterocycles.